The van der Waals surface area contributed by atoms with Crippen molar-refractivity contribution in [2.45, 2.75) is 25.2 Å². The first-order chi connectivity index (χ1) is 8.87. The number of hydrogen-bond donors (Lipinski definition) is 1. The van der Waals surface area contributed by atoms with Crippen molar-refractivity contribution in [3.8, 4) is 11.5 Å². The molecule has 1 rings (SSSR count). The number of ether oxygens (including phenoxy) is 2. The number of allylic oxidation sites excluding steroid dienone is 1. The summed E-state index contributed by atoms with van der Waals surface area (Å²) < 4.78 is 45.2. The lowest BCUT2D eigenvalue weighted by molar-refractivity contribution is -0.274. The maximum atomic E-state index is 12.1. The lowest BCUT2D eigenvalue weighted by atomic mass is 10.0. The number of methoxy groups -OCH3 is 1. The van der Waals surface area contributed by atoms with Crippen molar-refractivity contribution >= 4 is 0 Å². The van der Waals surface area contributed by atoms with E-state index in [1.54, 1.807) is 6.08 Å². The summed E-state index contributed by atoms with van der Waals surface area (Å²) in [6.07, 6.45) is -1.64. The smallest absolute Gasteiger partial charge is 0.496 e. The van der Waals surface area contributed by atoms with Gasteiger partial charge in [0.2, 0.25) is 0 Å². The monoisotopic (exact) mass is 275 g/mol. The molecule has 0 aliphatic heterocycles. The molecule has 6 heteroatoms. The molecule has 0 heterocycles. The van der Waals surface area contributed by atoms with E-state index in [1.807, 2.05) is 0 Å². The van der Waals surface area contributed by atoms with Crippen molar-refractivity contribution in [1.82, 2.24) is 0 Å². The molecule has 1 aromatic carbocycles. The summed E-state index contributed by atoms with van der Waals surface area (Å²) >= 11 is 0. The molecule has 1 atom stereocenters. The molecule has 0 aromatic heterocycles. The Kier molecular flexibility index (Phi) is 5.23. The Morgan fingerprint density at radius 2 is 2.11 bits per heavy atom. The zero-order valence-electron chi connectivity index (χ0n) is 10.5. The van der Waals surface area contributed by atoms with Gasteiger partial charge in [0, 0.05) is 17.7 Å². The van der Waals surface area contributed by atoms with Crippen LogP contribution in [0, 0.1) is 0 Å². The molecule has 0 amide bonds. The zero-order chi connectivity index (χ0) is 14.5. The van der Waals surface area contributed by atoms with E-state index in [4.69, 9.17) is 10.5 Å². The lowest BCUT2D eigenvalue weighted by Crippen LogP contribution is -2.17. The van der Waals surface area contributed by atoms with Crippen LogP contribution in [0.3, 0.4) is 0 Å². The molecule has 19 heavy (non-hydrogen) atoms. The van der Waals surface area contributed by atoms with Crippen molar-refractivity contribution in [3.63, 3.8) is 0 Å². The van der Waals surface area contributed by atoms with Crippen LogP contribution < -0.4 is 15.2 Å². The first kappa shape index (κ1) is 15.4. The summed E-state index contributed by atoms with van der Waals surface area (Å²) in [5, 5.41) is 0. The van der Waals surface area contributed by atoms with E-state index < -0.39 is 6.36 Å². The van der Waals surface area contributed by atoms with Gasteiger partial charge in [0.1, 0.15) is 11.5 Å². The molecule has 3 nitrogen and oxygen atoms in total. The molecule has 1 aromatic rings. The maximum Gasteiger partial charge on any atom is 0.573 e. The summed E-state index contributed by atoms with van der Waals surface area (Å²) in [5.74, 6) is -0.0534. The fourth-order valence-corrected chi connectivity index (χ4v) is 1.65. The molecular weight excluding hydrogens is 259 g/mol. The van der Waals surface area contributed by atoms with Gasteiger partial charge in [-0.3, -0.25) is 0 Å². The third kappa shape index (κ3) is 4.82. The van der Waals surface area contributed by atoms with Crippen molar-refractivity contribution in [1.29, 1.82) is 0 Å². The fourth-order valence-electron chi connectivity index (χ4n) is 1.65. The quantitative estimate of drug-likeness (QED) is 0.807. The highest BCUT2D eigenvalue weighted by Gasteiger charge is 2.31. The predicted molar refractivity (Wildman–Crippen MR) is 66.0 cm³/mol. The first-order valence-corrected chi connectivity index (χ1v) is 5.67. The van der Waals surface area contributed by atoms with E-state index in [1.165, 1.54) is 25.3 Å². The third-order valence-corrected chi connectivity index (χ3v) is 2.52. The third-order valence-electron chi connectivity index (χ3n) is 2.52. The van der Waals surface area contributed by atoms with Gasteiger partial charge in [0.15, 0.2) is 0 Å². The van der Waals surface area contributed by atoms with Gasteiger partial charge in [-0.1, -0.05) is 12.1 Å². The Hall–Kier alpha value is -1.69. The Labute approximate surface area is 109 Å². The minimum atomic E-state index is -4.72. The van der Waals surface area contributed by atoms with E-state index >= 15 is 0 Å². The summed E-state index contributed by atoms with van der Waals surface area (Å²) in [6.45, 7) is 3.59. The van der Waals surface area contributed by atoms with Gasteiger partial charge in [-0.05, 0) is 18.9 Å². The Morgan fingerprint density at radius 1 is 1.42 bits per heavy atom. The van der Waals surface area contributed by atoms with Gasteiger partial charge in [0.25, 0.3) is 0 Å². The average molecular weight is 275 g/mol. The number of hydrogen-bond acceptors (Lipinski definition) is 3. The number of benzene rings is 1. The van der Waals surface area contributed by atoms with E-state index in [2.05, 4.69) is 11.3 Å². The normalized spacial score (nSPS) is 12.9. The SMILES string of the molecule is C=CCC[C@@H](N)c1ccc(OC(F)(F)F)cc1OC. The highest BCUT2D eigenvalue weighted by Crippen LogP contribution is 2.32. The molecule has 0 saturated carbocycles. The van der Waals surface area contributed by atoms with E-state index in [0.717, 1.165) is 0 Å². The van der Waals surface area contributed by atoms with Crippen molar-refractivity contribution in [3.05, 3.63) is 36.4 Å². The van der Waals surface area contributed by atoms with Gasteiger partial charge >= 0.3 is 6.36 Å². The van der Waals surface area contributed by atoms with Crippen LogP contribution >= 0.6 is 0 Å². The van der Waals surface area contributed by atoms with Crippen LogP contribution in [0.5, 0.6) is 11.5 Å². The Morgan fingerprint density at radius 3 is 2.63 bits per heavy atom. The van der Waals surface area contributed by atoms with E-state index in [0.29, 0.717) is 18.4 Å². The highest BCUT2D eigenvalue weighted by molar-refractivity contribution is 5.42. The molecule has 0 saturated heterocycles. The minimum Gasteiger partial charge on any atom is -0.496 e. The topological polar surface area (TPSA) is 44.5 Å². The van der Waals surface area contributed by atoms with Crippen molar-refractivity contribution in [2.24, 2.45) is 5.73 Å². The summed E-state index contributed by atoms with van der Waals surface area (Å²) in [7, 11) is 1.37. The van der Waals surface area contributed by atoms with Gasteiger partial charge in [0.05, 0.1) is 7.11 Å². The van der Waals surface area contributed by atoms with Crippen LogP contribution in [0.1, 0.15) is 24.4 Å². The molecule has 0 aliphatic carbocycles. The van der Waals surface area contributed by atoms with Crippen LogP contribution in [-0.4, -0.2) is 13.5 Å². The van der Waals surface area contributed by atoms with Crippen LogP contribution in [0.15, 0.2) is 30.9 Å². The fraction of sp³-hybridized carbons (Fsp3) is 0.385. The molecule has 2 N–H and O–H groups in total. The van der Waals surface area contributed by atoms with Gasteiger partial charge in [-0.15, -0.1) is 19.8 Å². The van der Waals surface area contributed by atoms with E-state index in [9.17, 15) is 13.2 Å². The molecular formula is C13H16F3NO2. The highest BCUT2D eigenvalue weighted by atomic mass is 19.4. The number of rotatable bonds is 6. The van der Waals surface area contributed by atoms with Gasteiger partial charge in [-0.2, -0.15) is 0 Å². The minimum absolute atomic E-state index is 0.276. The molecule has 0 fully saturated rings. The molecule has 0 aliphatic rings. The standard InChI is InChI=1S/C13H16F3NO2/c1-3-4-5-11(17)10-7-6-9(8-12(10)18-2)19-13(14,15)16/h3,6-8,11H,1,4-5,17H2,2H3/t11-/m1/s1. The Bertz CT molecular complexity index is 432. The van der Waals surface area contributed by atoms with Crippen LogP contribution in [0.25, 0.3) is 0 Å². The summed E-state index contributed by atoms with van der Waals surface area (Å²) in [4.78, 5) is 0. The zero-order valence-corrected chi connectivity index (χ0v) is 10.5. The van der Waals surface area contributed by atoms with Gasteiger partial charge in [-0.25, -0.2) is 0 Å². The second-order valence-electron chi connectivity index (χ2n) is 3.92. The summed E-state index contributed by atoms with van der Waals surface area (Å²) in [5.41, 5.74) is 6.58. The first-order valence-electron chi connectivity index (χ1n) is 5.67. The maximum absolute atomic E-state index is 12.1. The average Bonchev–Trinajstić information content (AvgIpc) is 2.33. The largest absolute Gasteiger partial charge is 0.573 e. The summed E-state index contributed by atoms with van der Waals surface area (Å²) in [6, 6.07) is 3.55. The second-order valence-corrected chi connectivity index (χ2v) is 3.92. The molecule has 0 radical (unpaired) electrons. The number of halogens is 3. The predicted octanol–water partition coefficient (Wildman–Crippen LogP) is 3.56. The molecule has 0 spiro atoms. The van der Waals surface area contributed by atoms with Crippen LogP contribution in [0.4, 0.5) is 13.2 Å². The van der Waals surface area contributed by atoms with E-state index in [-0.39, 0.29) is 17.5 Å². The molecule has 0 bridgehead atoms. The van der Waals surface area contributed by atoms with Crippen molar-refractivity contribution < 1.29 is 22.6 Å². The van der Waals surface area contributed by atoms with Gasteiger partial charge < -0.3 is 15.2 Å². The Balaban J connectivity index is 2.92. The van der Waals surface area contributed by atoms with Crippen LogP contribution in [-0.2, 0) is 0 Å². The second kappa shape index (κ2) is 6.47. The van der Waals surface area contributed by atoms with Crippen molar-refractivity contribution in [2.75, 3.05) is 7.11 Å². The molecule has 0 unspecified atom stereocenters. The number of nitrogens with two attached hydrogens (primary N) is 1. The molecule has 106 valence electrons. The lowest BCUT2D eigenvalue weighted by Gasteiger charge is -2.17. The van der Waals surface area contributed by atoms with Crippen LogP contribution in [0.2, 0.25) is 0 Å². The number of alkyl halides is 3.